The van der Waals surface area contributed by atoms with Crippen LogP contribution in [0.25, 0.3) is 0 Å². The van der Waals surface area contributed by atoms with Crippen LogP contribution in [-0.4, -0.2) is 5.91 Å². The number of allylic oxidation sites excluding steroid dienone is 1. The largest absolute Gasteiger partial charge is 0.322 e. The monoisotopic (exact) mass is 311 g/mol. The molecular weight excluding hydrogens is 282 g/mol. The molecule has 0 aliphatic heterocycles. The third-order valence-electron chi connectivity index (χ3n) is 5.02. The zero-order chi connectivity index (χ0) is 16.6. The molecule has 23 heavy (non-hydrogen) atoms. The number of benzene rings is 1. The lowest BCUT2D eigenvalue weighted by Gasteiger charge is -2.20. The van der Waals surface area contributed by atoms with Crippen LogP contribution in [0.5, 0.6) is 0 Å². The molecule has 0 atom stereocenters. The van der Waals surface area contributed by atoms with Crippen LogP contribution in [0.15, 0.2) is 29.8 Å². The molecule has 0 aromatic heterocycles. The second-order valence-electron chi connectivity index (χ2n) is 7.80. The minimum absolute atomic E-state index is 0.0637. The average Bonchev–Trinajstić information content (AvgIpc) is 3.38. The molecule has 2 aliphatic rings. The van der Waals surface area contributed by atoms with E-state index in [1.807, 2.05) is 6.08 Å². The smallest absolute Gasteiger partial charge is 0.248 e. The number of para-hydroxylation sites is 1. The fourth-order valence-electron chi connectivity index (χ4n) is 3.41. The van der Waals surface area contributed by atoms with Gasteiger partial charge in [0.1, 0.15) is 0 Å². The molecule has 1 aromatic carbocycles. The highest BCUT2D eigenvalue weighted by atomic mass is 16.1. The Hall–Kier alpha value is -1.57. The van der Waals surface area contributed by atoms with E-state index in [0.29, 0.717) is 23.7 Å². The number of anilines is 1. The maximum absolute atomic E-state index is 12.6. The van der Waals surface area contributed by atoms with Crippen LogP contribution in [0.2, 0.25) is 0 Å². The zero-order valence-corrected chi connectivity index (χ0v) is 14.9. The summed E-state index contributed by atoms with van der Waals surface area (Å²) in [6.45, 7) is 8.74. The van der Waals surface area contributed by atoms with Crippen molar-refractivity contribution in [2.75, 3.05) is 5.32 Å². The highest BCUT2D eigenvalue weighted by molar-refractivity contribution is 6.01. The number of amides is 1. The van der Waals surface area contributed by atoms with E-state index < -0.39 is 0 Å². The molecule has 1 amide bonds. The lowest BCUT2D eigenvalue weighted by molar-refractivity contribution is -0.112. The number of nitrogens with one attached hydrogen (secondary N) is 1. The lowest BCUT2D eigenvalue weighted by Crippen LogP contribution is -2.14. The molecule has 0 bridgehead atoms. The van der Waals surface area contributed by atoms with Gasteiger partial charge in [-0.3, -0.25) is 4.79 Å². The first-order chi connectivity index (χ1) is 11.0. The van der Waals surface area contributed by atoms with E-state index in [-0.39, 0.29) is 5.91 Å². The molecule has 3 rings (SSSR count). The standard InChI is InChI=1S/C21H29NO/c1-13(2)17-6-5-7-18(14(3)4)21(17)22-20(23)12-19(15-8-9-15)16-10-11-16/h5-7,12-16H,8-11H2,1-4H3,(H,22,23). The fraction of sp³-hybridized carbons (Fsp3) is 0.571. The minimum atomic E-state index is 0.0637. The Bertz CT molecular complexity index is 578. The van der Waals surface area contributed by atoms with E-state index in [0.717, 1.165) is 5.69 Å². The molecule has 2 fully saturated rings. The predicted octanol–water partition coefficient (Wildman–Crippen LogP) is 5.62. The molecule has 0 spiro atoms. The summed E-state index contributed by atoms with van der Waals surface area (Å²) in [5.74, 6) is 2.25. The summed E-state index contributed by atoms with van der Waals surface area (Å²) in [6, 6.07) is 6.38. The van der Waals surface area contributed by atoms with E-state index >= 15 is 0 Å². The second kappa shape index (κ2) is 6.51. The summed E-state index contributed by atoms with van der Waals surface area (Å²) >= 11 is 0. The van der Waals surface area contributed by atoms with Crippen LogP contribution in [0.3, 0.4) is 0 Å². The Morgan fingerprint density at radius 3 is 1.87 bits per heavy atom. The Morgan fingerprint density at radius 1 is 1.00 bits per heavy atom. The molecule has 0 heterocycles. The van der Waals surface area contributed by atoms with Crippen molar-refractivity contribution in [2.45, 2.75) is 65.2 Å². The molecule has 2 nitrogen and oxygen atoms in total. The number of hydrogen-bond donors (Lipinski definition) is 1. The Kier molecular flexibility index (Phi) is 4.61. The van der Waals surface area contributed by atoms with Gasteiger partial charge in [0.25, 0.3) is 0 Å². The molecule has 2 heteroatoms. The molecule has 0 saturated heterocycles. The SMILES string of the molecule is CC(C)c1cccc(C(C)C)c1NC(=O)C=C(C1CC1)C1CC1. The van der Waals surface area contributed by atoms with Gasteiger partial charge in [0.2, 0.25) is 5.91 Å². The number of carbonyl (C=O) groups excluding carboxylic acids is 1. The van der Waals surface area contributed by atoms with Gasteiger partial charge >= 0.3 is 0 Å². The molecule has 0 radical (unpaired) electrons. The van der Waals surface area contributed by atoms with Gasteiger partial charge in [-0.15, -0.1) is 0 Å². The summed E-state index contributed by atoms with van der Waals surface area (Å²) in [6.07, 6.45) is 7.01. The third-order valence-corrected chi connectivity index (χ3v) is 5.02. The Labute approximate surface area is 140 Å². The molecular formula is C21H29NO. The van der Waals surface area contributed by atoms with Crippen molar-refractivity contribution in [3.8, 4) is 0 Å². The van der Waals surface area contributed by atoms with Crippen molar-refractivity contribution in [1.29, 1.82) is 0 Å². The van der Waals surface area contributed by atoms with E-state index in [9.17, 15) is 4.79 Å². The molecule has 0 unspecified atom stereocenters. The summed E-state index contributed by atoms with van der Waals surface area (Å²) in [4.78, 5) is 12.6. The van der Waals surface area contributed by atoms with Crippen LogP contribution in [0.4, 0.5) is 5.69 Å². The van der Waals surface area contributed by atoms with Gasteiger partial charge in [0, 0.05) is 11.8 Å². The van der Waals surface area contributed by atoms with Crippen LogP contribution < -0.4 is 5.32 Å². The third kappa shape index (κ3) is 3.85. The Morgan fingerprint density at radius 2 is 1.48 bits per heavy atom. The first kappa shape index (κ1) is 16.3. The topological polar surface area (TPSA) is 29.1 Å². The summed E-state index contributed by atoms with van der Waals surface area (Å²) < 4.78 is 0. The molecule has 2 saturated carbocycles. The van der Waals surface area contributed by atoms with Crippen LogP contribution in [0, 0.1) is 11.8 Å². The van der Waals surface area contributed by atoms with E-state index in [1.54, 1.807) is 0 Å². The highest BCUT2D eigenvalue weighted by Crippen LogP contribution is 2.48. The van der Waals surface area contributed by atoms with Gasteiger partial charge in [-0.25, -0.2) is 0 Å². The summed E-state index contributed by atoms with van der Waals surface area (Å²) in [5, 5.41) is 3.22. The van der Waals surface area contributed by atoms with Gasteiger partial charge in [0.05, 0.1) is 0 Å². The number of hydrogen-bond acceptors (Lipinski definition) is 1. The quantitative estimate of drug-likeness (QED) is 0.679. The summed E-state index contributed by atoms with van der Waals surface area (Å²) in [7, 11) is 0. The average molecular weight is 311 g/mol. The lowest BCUT2D eigenvalue weighted by atomic mass is 9.92. The minimum Gasteiger partial charge on any atom is -0.322 e. The highest BCUT2D eigenvalue weighted by Gasteiger charge is 2.36. The van der Waals surface area contributed by atoms with Crippen molar-refractivity contribution in [3.05, 3.63) is 41.0 Å². The molecule has 1 aromatic rings. The van der Waals surface area contributed by atoms with Crippen LogP contribution in [-0.2, 0) is 4.79 Å². The van der Waals surface area contributed by atoms with Gasteiger partial charge < -0.3 is 5.32 Å². The van der Waals surface area contributed by atoms with Crippen molar-refractivity contribution < 1.29 is 4.79 Å². The molecule has 124 valence electrons. The van der Waals surface area contributed by atoms with Gasteiger partial charge in [-0.2, -0.15) is 0 Å². The molecule has 2 aliphatic carbocycles. The van der Waals surface area contributed by atoms with Crippen LogP contribution >= 0.6 is 0 Å². The van der Waals surface area contributed by atoms with Crippen molar-refractivity contribution in [1.82, 2.24) is 0 Å². The zero-order valence-electron chi connectivity index (χ0n) is 14.9. The first-order valence-corrected chi connectivity index (χ1v) is 9.12. The first-order valence-electron chi connectivity index (χ1n) is 9.12. The van der Waals surface area contributed by atoms with Crippen molar-refractivity contribution in [2.24, 2.45) is 11.8 Å². The van der Waals surface area contributed by atoms with E-state index in [1.165, 1.54) is 42.4 Å². The van der Waals surface area contributed by atoms with Gasteiger partial charge in [-0.05, 0) is 60.5 Å². The predicted molar refractivity (Wildman–Crippen MR) is 96.8 cm³/mol. The Balaban J connectivity index is 1.86. The van der Waals surface area contributed by atoms with Crippen LogP contribution in [0.1, 0.15) is 76.3 Å². The van der Waals surface area contributed by atoms with E-state index in [4.69, 9.17) is 0 Å². The van der Waals surface area contributed by atoms with Gasteiger partial charge in [-0.1, -0.05) is 51.5 Å². The fourth-order valence-corrected chi connectivity index (χ4v) is 3.41. The molecule has 1 N–H and O–H groups in total. The van der Waals surface area contributed by atoms with Gasteiger partial charge in [0.15, 0.2) is 0 Å². The van der Waals surface area contributed by atoms with Crippen molar-refractivity contribution >= 4 is 11.6 Å². The second-order valence-corrected chi connectivity index (χ2v) is 7.80. The maximum Gasteiger partial charge on any atom is 0.248 e. The van der Waals surface area contributed by atoms with E-state index in [2.05, 4.69) is 51.2 Å². The number of rotatable bonds is 6. The van der Waals surface area contributed by atoms with Crippen molar-refractivity contribution in [3.63, 3.8) is 0 Å². The maximum atomic E-state index is 12.6. The summed E-state index contributed by atoms with van der Waals surface area (Å²) in [5.41, 5.74) is 4.91. The normalized spacial score (nSPS) is 17.5. The number of carbonyl (C=O) groups is 1.